The molecule has 2 aromatic rings. The van der Waals surface area contributed by atoms with Crippen molar-refractivity contribution in [2.75, 3.05) is 0 Å². The average molecular weight is 529 g/mol. The van der Waals surface area contributed by atoms with E-state index in [9.17, 15) is 4.79 Å². The van der Waals surface area contributed by atoms with E-state index in [0.29, 0.717) is 13.0 Å². The Hall–Kier alpha value is -1.69. The summed E-state index contributed by atoms with van der Waals surface area (Å²) in [4.78, 5) is 15.8. The second-order valence-corrected chi connectivity index (χ2v) is 16.3. The molecule has 0 unspecified atom stereocenters. The highest BCUT2D eigenvalue weighted by Crippen LogP contribution is 2.40. The van der Waals surface area contributed by atoms with Gasteiger partial charge in [-0.25, -0.2) is 0 Å². The van der Waals surface area contributed by atoms with Crippen molar-refractivity contribution >= 4 is 30.2 Å². The molecule has 3 atom stereocenters. The Balaban J connectivity index is 2.03. The molecule has 1 aliphatic rings. The number of amides is 1. The minimum atomic E-state index is -1.98. The molecule has 3 rings (SSSR count). The van der Waals surface area contributed by atoms with Gasteiger partial charge >= 0.3 is 0 Å². The minimum absolute atomic E-state index is 0.0478. The van der Waals surface area contributed by atoms with Crippen LogP contribution >= 0.6 is 15.9 Å². The standard InChI is InChI=1S/C28H38BrNO2Si/c1-7-22-19-27(31)30(20-21-12-9-8-10-13-21)25(23-14-11-15-24(29)18-23)16-17-26(22)32-33(5,6)28(2,3)4/h8-18,22,25-26H,7,19-20H2,1-6H3/b17-16-/t22-,25-,26+/m1/s1. The summed E-state index contributed by atoms with van der Waals surface area (Å²) >= 11 is 3.61. The van der Waals surface area contributed by atoms with Crippen molar-refractivity contribution in [2.24, 2.45) is 5.92 Å². The fourth-order valence-electron chi connectivity index (χ4n) is 4.07. The van der Waals surface area contributed by atoms with Gasteiger partial charge in [0, 0.05) is 17.4 Å². The third-order valence-corrected chi connectivity index (χ3v) is 12.2. The number of hydrogen-bond acceptors (Lipinski definition) is 2. The number of nitrogens with zero attached hydrogens (tertiary/aromatic N) is 1. The highest BCUT2D eigenvalue weighted by Gasteiger charge is 2.41. The van der Waals surface area contributed by atoms with Crippen LogP contribution in [0.2, 0.25) is 18.1 Å². The number of carbonyl (C=O) groups excluding carboxylic acids is 1. The summed E-state index contributed by atoms with van der Waals surface area (Å²) < 4.78 is 7.88. The second kappa shape index (κ2) is 10.7. The van der Waals surface area contributed by atoms with E-state index in [1.165, 1.54) is 0 Å². The van der Waals surface area contributed by atoms with E-state index in [4.69, 9.17) is 4.43 Å². The van der Waals surface area contributed by atoms with Gasteiger partial charge in [0.05, 0.1) is 12.1 Å². The Labute approximate surface area is 209 Å². The van der Waals surface area contributed by atoms with Crippen molar-refractivity contribution in [1.29, 1.82) is 0 Å². The van der Waals surface area contributed by atoms with Crippen LogP contribution in [0.5, 0.6) is 0 Å². The van der Waals surface area contributed by atoms with Crippen LogP contribution in [0.1, 0.15) is 57.7 Å². The monoisotopic (exact) mass is 527 g/mol. The molecule has 1 heterocycles. The average Bonchev–Trinajstić information content (AvgIpc) is 2.75. The third kappa shape index (κ3) is 6.46. The summed E-state index contributed by atoms with van der Waals surface area (Å²) in [6, 6.07) is 18.4. The van der Waals surface area contributed by atoms with Crippen LogP contribution in [0.15, 0.2) is 71.2 Å². The molecule has 3 nitrogen and oxygen atoms in total. The molecular weight excluding hydrogens is 490 g/mol. The van der Waals surface area contributed by atoms with Crippen molar-refractivity contribution < 1.29 is 9.22 Å². The maximum absolute atomic E-state index is 13.8. The van der Waals surface area contributed by atoms with E-state index < -0.39 is 8.32 Å². The zero-order valence-corrected chi connectivity index (χ0v) is 23.4. The molecule has 0 aromatic heterocycles. The van der Waals surface area contributed by atoms with Gasteiger partial charge in [0.1, 0.15) is 0 Å². The van der Waals surface area contributed by atoms with E-state index in [0.717, 1.165) is 22.0 Å². The first-order chi connectivity index (χ1) is 15.5. The molecule has 33 heavy (non-hydrogen) atoms. The normalized spacial score (nSPS) is 23.2. The van der Waals surface area contributed by atoms with Crippen molar-refractivity contribution in [2.45, 2.75) is 77.4 Å². The number of halogens is 1. The van der Waals surface area contributed by atoms with Crippen LogP contribution in [-0.2, 0) is 15.8 Å². The fourth-order valence-corrected chi connectivity index (χ4v) is 5.79. The third-order valence-electron chi connectivity index (χ3n) is 7.19. The van der Waals surface area contributed by atoms with Crippen LogP contribution in [-0.4, -0.2) is 25.2 Å². The molecule has 1 amide bonds. The smallest absolute Gasteiger partial charge is 0.224 e. The highest BCUT2D eigenvalue weighted by atomic mass is 79.9. The van der Waals surface area contributed by atoms with E-state index >= 15 is 0 Å². The van der Waals surface area contributed by atoms with E-state index in [1.807, 2.05) is 35.2 Å². The fraction of sp³-hybridized carbons (Fsp3) is 0.464. The molecule has 0 spiro atoms. The predicted octanol–water partition coefficient (Wildman–Crippen LogP) is 7.90. The lowest BCUT2D eigenvalue weighted by Gasteiger charge is -2.42. The molecule has 0 saturated carbocycles. The zero-order chi connectivity index (χ0) is 24.2. The first-order valence-electron chi connectivity index (χ1n) is 12.0. The molecule has 0 N–H and O–H groups in total. The quantitative estimate of drug-likeness (QED) is 0.282. The molecule has 0 aliphatic carbocycles. The summed E-state index contributed by atoms with van der Waals surface area (Å²) in [7, 11) is -1.98. The maximum atomic E-state index is 13.8. The first-order valence-corrected chi connectivity index (χ1v) is 15.7. The molecule has 0 saturated heterocycles. The van der Waals surface area contributed by atoms with Crippen molar-refractivity contribution in [3.05, 3.63) is 82.3 Å². The van der Waals surface area contributed by atoms with Gasteiger partial charge in [0.15, 0.2) is 8.32 Å². The number of rotatable bonds is 6. The van der Waals surface area contributed by atoms with Crippen LogP contribution in [0, 0.1) is 5.92 Å². The topological polar surface area (TPSA) is 29.5 Å². The lowest BCUT2D eigenvalue weighted by Crippen LogP contribution is -2.47. The van der Waals surface area contributed by atoms with E-state index in [-0.39, 0.29) is 29.0 Å². The SMILES string of the molecule is CC[C@@H]1CC(=O)N(Cc2ccccc2)[C@@H](c2cccc(Br)c2)/C=C\[C@@H]1O[Si](C)(C)C(C)(C)C. The van der Waals surface area contributed by atoms with Crippen molar-refractivity contribution in [3.63, 3.8) is 0 Å². The molecule has 0 radical (unpaired) electrons. The second-order valence-electron chi connectivity index (χ2n) is 10.6. The molecule has 0 fully saturated rings. The van der Waals surface area contributed by atoms with Crippen molar-refractivity contribution in [1.82, 2.24) is 4.90 Å². The Kier molecular flexibility index (Phi) is 8.41. The Bertz CT molecular complexity index is 967. The van der Waals surface area contributed by atoms with Crippen LogP contribution < -0.4 is 0 Å². The Morgan fingerprint density at radius 2 is 1.76 bits per heavy atom. The molecule has 178 valence electrons. The molecule has 5 heteroatoms. The Morgan fingerprint density at radius 3 is 2.36 bits per heavy atom. The maximum Gasteiger partial charge on any atom is 0.224 e. The lowest BCUT2D eigenvalue weighted by atomic mass is 9.90. The van der Waals surface area contributed by atoms with Crippen LogP contribution in [0.25, 0.3) is 0 Å². The number of carbonyl (C=O) groups is 1. The predicted molar refractivity (Wildman–Crippen MR) is 143 cm³/mol. The Morgan fingerprint density at radius 1 is 1.06 bits per heavy atom. The van der Waals surface area contributed by atoms with Gasteiger partial charge in [0.2, 0.25) is 5.91 Å². The summed E-state index contributed by atoms with van der Waals surface area (Å²) in [5.74, 6) is 0.355. The number of benzene rings is 2. The van der Waals surface area contributed by atoms with E-state index in [1.54, 1.807) is 0 Å². The largest absolute Gasteiger partial charge is 0.410 e. The van der Waals surface area contributed by atoms with Crippen LogP contribution in [0.3, 0.4) is 0 Å². The van der Waals surface area contributed by atoms with Gasteiger partial charge in [-0.1, -0.05) is 105 Å². The summed E-state index contributed by atoms with van der Waals surface area (Å²) in [6.07, 6.45) is 5.80. The van der Waals surface area contributed by atoms with Gasteiger partial charge in [-0.15, -0.1) is 0 Å². The summed E-state index contributed by atoms with van der Waals surface area (Å²) in [5.41, 5.74) is 2.24. The van der Waals surface area contributed by atoms with Gasteiger partial charge in [-0.3, -0.25) is 4.79 Å². The van der Waals surface area contributed by atoms with Gasteiger partial charge < -0.3 is 9.33 Å². The van der Waals surface area contributed by atoms with Gasteiger partial charge in [0.25, 0.3) is 0 Å². The molecule has 1 aliphatic heterocycles. The number of hydrogen-bond donors (Lipinski definition) is 0. The first kappa shape index (κ1) is 25.9. The molecule has 2 aromatic carbocycles. The van der Waals surface area contributed by atoms with Crippen molar-refractivity contribution in [3.8, 4) is 0 Å². The lowest BCUT2D eigenvalue weighted by molar-refractivity contribution is -0.135. The zero-order valence-electron chi connectivity index (χ0n) is 20.8. The van der Waals surface area contributed by atoms with Gasteiger partial charge in [-0.05, 0) is 47.3 Å². The summed E-state index contributed by atoms with van der Waals surface area (Å²) in [5, 5.41) is 0.120. The molecule has 0 bridgehead atoms. The van der Waals surface area contributed by atoms with E-state index in [2.05, 4.69) is 93.1 Å². The highest BCUT2D eigenvalue weighted by molar-refractivity contribution is 9.10. The summed E-state index contributed by atoms with van der Waals surface area (Å²) in [6.45, 7) is 14.1. The van der Waals surface area contributed by atoms with Gasteiger partial charge in [-0.2, -0.15) is 0 Å². The minimum Gasteiger partial charge on any atom is -0.410 e. The molecular formula is C28H38BrNO2Si. The van der Waals surface area contributed by atoms with Crippen LogP contribution in [0.4, 0.5) is 0 Å².